The average molecular weight is 358 g/mol. The van der Waals surface area contributed by atoms with Crippen molar-refractivity contribution in [3.05, 3.63) is 30.2 Å². The quantitative estimate of drug-likeness (QED) is 0.907. The van der Waals surface area contributed by atoms with Crippen molar-refractivity contribution in [1.82, 2.24) is 15.0 Å². The van der Waals surface area contributed by atoms with Crippen LogP contribution in [0.15, 0.2) is 28.8 Å². The molecule has 1 aromatic carbocycles. The highest BCUT2D eigenvalue weighted by atomic mass is 16.7. The van der Waals surface area contributed by atoms with Crippen LogP contribution in [0.25, 0.3) is 11.4 Å². The normalized spacial score (nSPS) is 19.0. The first-order chi connectivity index (χ1) is 12.7. The number of amides is 2. The lowest BCUT2D eigenvalue weighted by molar-refractivity contribution is -0.0950. The van der Waals surface area contributed by atoms with Crippen LogP contribution in [0.2, 0.25) is 0 Å². The first-order valence-corrected chi connectivity index (χ1v) is 8.89. The maximum Gasteiger partial charge on any atom is 0.321 e. The van der Waals surface area contributed by atoms with E-state index in [1.807, 2.05) is 29.2 Å². The Morgan fingerprint density at radius 3 is 2.62 bits per heavy atom. The molecule has 2 saturated heterocycles. The Bertz CT molecular complexity index is 764. The number of rotatable bonds is 3. The summed E-state index contributed by atoms with van der Waals surface area (Å²) in [5.74, 6) is 1.31. The Kier molecular flexibility index (Phi) is 4.85. The number of ether oxygens (including phenoxy) is 2. The van der Waals surface area contributed by atoms with Crippen LogP contribution in [0.4, 0.5) is 10.5 Å². The van der Waals surface area contributed by atoms with E-state index in [2.05, 4.69) is 15.5 Å². The molecule has 8 heteroatoms. The molecule has 2 aromatic rings. The molecule has 1 aromatic heterocycles. The average Bonchev–Trinajstić information content (AvgIpc) is 3.34. The van der Waals surface area contributed by atoms with Gasteiger partial charge < -0.3 is 24.2 Å². The number of hydrogen-bond acceptors (Lipinski definition) is 6. The number of carbonyl (C=O) groups is 1. The van der Waals surface area contributed by atoms with E-state index in [0.29, 0.717) is 49.6 Å². The van der Waals surface area contributed by atoms with Gasteiger partial charge in [0.2, 0.25) is 11.7 Å². The molecule has 3 heterocycles. The second-order valence-corrected chi connectivity index (χ2v) is 6.55. The number of benzene rings is 1. The van der Waals surface area contributed by atoms with Gasteiger partial charge in [-0.15, -0.1) is 0 Å². The van der Waals surface area contributed by atoms with E-state index in [0.717, 1.165) is 18.4 Å². The number of urea groups is 1. The van der Waals surface area contributed by atoms with Crippen molar-refractivity contribution in [2.24, 2.45) is 5.92 Å². The predicted octanol–water partition coefficient (Wildman–Crippen LogP) is 2.66. The van der Waals surface area contributed by atoms with Crippen LogP contribution in [0, 0.1) is 12.8 Å². The van der Waals surface area contributed by atoms with Gasteiger partial charge in [0.15, 0.2) is 6.29 Å². The Labute approximate surface area is 151 Å². The first-order valence-electron chi connectivity index (χ1n) is 8.89. The van der Waals surface area contributed by atoms with Crippen molar-refractivity contribution in [2.45, 2.75) is 26.1 Å². The smallest absolute Gasteiger partial charge is 0.321 e. The molecule has 0 radical (unpaired) electrons. The molecular formula is C18H22N4O4. The number of hydrogen-bond donors (Lipinski definition) is 1. The molecule has 2 aliphatic heterocycles. The van der Waals surface area contributed by atoms with Crippen LogP contribution in [0.3, 0.4) is 0 Å². The summed E-state index contributed by atoms with van der Waals surface area (Å²) in [6, 6.07) is 7.33. The lowest BCUT2D eigenvalue weighted by Crippen LogP contribution is -2.43. The van der Waals surface area contributed by atoms with Gasteiger partial charge in [0.1, 0.15) is 0 Å². The Balaban J connectivity index is 1.40. The Morgan fingerprint density at radius 1 is 1.19 bits per heavy atom. The highest BCUT2D eigenvalue weighted by molar-refractivity contribution is 5.93. The van der Waals surface area contributed by atoms with Crippen molar-refractivity contribution >= 4 is 11.7 Å². The molecule has 0 bridgehead atoms. The molecule has 0 aliphatic carbocycles. The molecule has 0 saturated carbocycles. The zero-order chi connectivity index (χ0) is 17.9. The molecule has 0 unspecified atom stereocenters. The number of likely N-dealkylation sites (tertiary alicyclic amines) is 1. The van der Waals surface area contributed by atoms with Gasteiger partial charge in [-0.3, -0.25) is 0 Å². The van der Waals surface area contributed by atoms with E-state index < -0.39 is 0 Å². The summed E-state index contributed by atoms with van der Waals surface area (Å²) in [5, 5.41) is 6.92. The lowest BCUT2D eigenvalue weighted by atomic mass is 9.96. The van der Waals surface area contributed by atoms with Gasteiger partial charge >= 0.3 is 6.03 Å². The molecule has 2 aliphatic rings. The number of nitrogens with zero attached hydrogens (tertiary/aromatic N) is 3. The second-order valence-electron chi connectivity index (χ2n) is 6.55. The first kappa shape index (κ1) is 17.0. The standard InChI is InChI=1S/C18H22N4O4/c1-12-19-16(21-26-12)14-4-2-3-5-15(14)20-18(23)22-8-6-13(7-9-22)17-24-10-11-25-17/h2-5,13,17H,6-11H2,1H3,(H,20,23). The summed E-state index contributed by atoms with van der Waals surface area (Å²) < 4.78 is 16.2. The van der Waals surface area contributed by atoms with Crippen molar-refractivity contribution in [3.63, 3.8) is 0 Å². The number of aryl methyl sites for hydroxylation is 1. The van der Waals surface area contributed by atoms with E-state index >= 15 is 0 Å². The van der Waals surface area contributed by atoms with E-state index in [4.69, 9.17) is 14.0 Å². The van der Waals surface area contributed by atoms with E-state index in [1.165, 1.54) is 0 Å². The van der Waals surface area contributed by atoms with Gasteiger partial charge in [-0.05, 0) is 25.0 Å². The lowest BCUT2D eigenvalue weighted by Gasteiger charge is -2.33. The molecule has 2 amide bonds. The zero-order valence-electron chi connectivity index (χ0n) is 14.7. The molecule has 1 N–H and O–H groups in total. The molecule has 2 fully saturated rings. The molecule has 0 atom stereocenters. The third kappa shape index (κ3) is 3.56. The van der Waals surface area contributed by atoms with Crippen LogP contribution in [0.1, 0.15) is 18.7 Å². The number of nitrogens with one attached hydrogen (secondary N) is 1. The Hall–Kier alpha value is -2.45. The Morgan fingerprint density at radius 2 is 1.92 bits per heavy atom. The van der Waals surface area contributed by atoms with Crippen LogP contribution >= 0.6 is 0 Å². The fraction of sp³-hybridized carbons (Fsp3) is 0.500. The number of anilines is 1. The second kappa shape index (κ2) is 7.43. The van der Waals surface area contributed by atoms with Crippen molar-refractivity contribution in [2.75, 3.05) is 31.6 Å². The van der Waals surface area contributed by atoms with Crippen molar-refractivity contribution < 1.29 is 18.8 Å². The summed E-state index contributed by atoms with van der Waals surface area (Å²) in [6.45, 7) is 4.43. The monoisotopic (exact) mass is 358 g/mol. The fourth-order valence-corrected chi connectivity index (χ4v) is 3.41. The topological polar surface area (TPSA) is 89.7 Å². The number of aromatic nitrogens is 2. The van der Waals surface area contributed by atoms with Crippen molar-refractivity contribution in [3.8, 4) is 11.4 Å². The minimum Gasteiger partial charge on any atom is -0.350 e. The van der Waals surface area contributed by atoms with Gasteiger partial charge in [-0.2, -0.15) is 4.98 Å². The molecule has 8 nitrogen and oxygen atoms in total. The molecular weight excluding hydrogens is 336 g/mol. The molecule has 0 spiro atoms. The third-order valence-electron chi connectivity index (χ3n) is 4.80. The third-order valence-corrected chi connectivity index (χ3v) is 4.80. The largest absolute Gasteiger partial charge is 0.350 e. The van der Waals surface area contributed by atoms with Gasteiger partial charge in [-0.1, -0.05) is 17.3 Å². The van der Waals surface area contributed by atoms with Gasteiger partial charge in [-0.25, -0.2) is 4.79 Å². The maximum absolute atomic E-state index is 12.7. The highest BCUT2D eigenvalue weighted by Gasteiger charge is 2.32. The van der Waals surface area contributed by atoms with Crippen molar-refractivity contribution in [1.29, 1.82) is 0 Å². The van der Waals surface area contributed by atoms with Gasteiger partial charge in [0.25, 0.3) is 0 Å². The minimum absolute atomic E-state index is 0.109. The van der Waals surface area contributed by atoms with Crippen LogP contribution in [-0.4, -0.2) is 53.7 Å². The number of piperidine rings is 1. The number of para-hydroxylation sites is 1. The summed E-state index contributed by atoms with van der Waals surface area (Å²) >= 11 is 0. The summed E-state index contributed by atoms with van der Waals surface area (Å²) in [6.07, 6.45) is 1.65. The predicted molar refractivity (Wildman–Crippen MR) is 93.5 cm³/mol. The van der Waals surface area contributed by atoms with E-state index in [9.17, 15) is 4.79 Å². The highest BCUT2D eigenvalue weighted by Crippen LogP contribution is 2.28. The maximum atomic E-state index is 12.7. The van der Waals surface area contributed by atoms with E-state index in [-0.39, 0.29) is 12.3 Å². The van der Waals surface area contributed by atoms with E-state index in [1.54, 1.807) is 6.92 Å². The SMILES string of the molecule is Cc1nc(-c2ccccc2NC(=O)N2CCC(C3OCCO3)CC2)no1. The van der Waals surface area contributed by atoms with Gasteiger partial charge in [0, 0.05) is 31.5 Å². The summed E-state index contributed by atoms with van der Waals surface area (Å²) in [4.78, 5) is 18.7. The minimum atomic E-state index is -0.121. The molecule has 4 rings (SSSR count). The molecule has 138 valence electrons. The fourth-order valence-electron chi connectivity index (χ4n) is 3.41. The summed E-state index contributed by atoms with van der Waals surface area (Å²) in [5.41, 5.74) is 1.41. The summed E-state index contributed by atoms with van der Waals surface area (Å²) in [7, 11) is 0. The van der Waals surface area contributed by atoms with Crippen LogP contribution in [-0.2, 0) is 9.47 Å². The van der Waals surface area contributed by atoms with Gasteiger partial charge in [0.05, 0.1) is 18.9 Å². The van der Waals surface area contributed by atoms with Crippen LogP contribution < -0.4 is 5.32 Å². The zero-order valence-corrected chi connectivity index (χ0v) is 14.7. The van der Waals surface area contributed by atoms with Crippen LogP contribution in [0.5, 0.6) is 0 Å². The number of carbonyl (C=O) groups excluding carboxylic acids is 1. The molecule has 26 heavy (non-hydrogen) atoms.